The number of hydrogen-bond donors (Lipinski definition) is 1. The van der Waals surface area contributed by atoms with E-state index in [0.29, 0.717) is 13.2 Å². The van der Waals surface area contributed by atoms with Gasteiger partial charge >= 0.3 is 0 Å². The van der Waals surface area contributed by atoms with Crippen molar-refractivity contribution in [2.24, 2.45) is 0 Å². The molecule has 6 nitrogen and oxygen atoms in total. The van der Waals surface area contributed by atoms with Gasteiger partial charge in [0.1, 0.15) is 17.4 Å². The van der Waals surface area contributed by atoms with Crippen molar-refractivity contribution in [2.45, 2.75) is 20.1 Å². The molecule has 0 spiro atoms. The van der Waals surface area contributed by atoms with Crippen LogP contribution in [0.3, 0.4) is 0 Å². The van der Waals surface area contributed by atoms with E-state index in [0.717, 1.165) is 38.3 Å². The van der Waals surface area contributed by atoms with E-state index >= 15 is 0 Å². The molecule has 0 atom stereocenters. The molecule has 0 saturated heterocycles. The summed E-state index contributed by atoms with van der Waals surface area (Å²) in [6.07, 6.45) is 6.77. The first-order valence-corrected chi connectivity index (χ1v) is 11.4. The second-order valence-electron chi connectivity index (χ2n) is 6.63. The lowest BCUT2D eigenvalue weighted by Gasteiger charge is -2.04. The van der Waals surface area contributed by atoms with Gasteiger partial charge in [-0.2, -0.15) is 0 Å². The lowest BCUT2D eigenvalue weighted by Crippen LogP contribution is -2.20. The molecule has 0 saturated carbocycles. The first-order chi connectivity index (χ1) is 15.2. The van der Waals surface area contributed by atoms with Gasteiger partial charge in [0.2, 0.25) is 5.91 Å². The number of nitrogens with zero attached hydrogens (tertiary/aromatic N) is 3. The molecule has 8 heteroatoms. The molecule has 1 aromatic carbocycles. The Morgan fingerprint density at radius 1 is 1.06 bits per heavy atom. The first kappa shape index (κ1) is 20.9. The Kier molecular flexibility index (Phi) is 6.81. The van der Waals surface area contributed by atoms with E-state index in [1.165, 1.54) is 17.4 Å². The van der Waals surface area contributed by atoms with Gasteiger partial charge in [0, 0.05) is 34.8 Å². The van der Waals surface area contributed by atoms with Crippen LogP contribution in [0.25, 0.3) is 17.3 Å². The van der Waals surface area contributed by atoms with Crippen molar-refractivity contribution in [1.82, 2.24) is 20.3 Å². The van der Waals surface area contributed by atoms with Crippen molar-refractivity contribution in [2.75, 3.05) is 0 Å². The summed E-state index contributed by atoms with van der Waals surface area (Å²) in [5.74, 6) is 0.598. The van der Waals surface area contributed by atoms with Crippen LogP contribution in [0.4, 0.5) is 0 Å². The van der Waals surface area contributed by atoms with Crippen LogP contribution in [0, 0.1) is 6.92 Å². The number of rotatable bonds is 8. The van der Waals surface area contributed by atoms with Crippen LogP contribution in [0.2, 0.25) is 0 Å². The Bertz CT molecular complexity index is 1170. The fourth-order valence-corrected chi connectivity index (χ4v) is 4.09. The fraction of sp³-hybridized carbons (Fsp3) is 0.130. The van der Waals surface area contributed by atoms with Gasteiger partial charge in [0.15, 0.2) is 0 Å². The Labute approximate surface area is 188 Å². The summed E-state index contributed by atoms with van der Waals surface area (Å²) < 4.78 is 5.74. The molecule has 0 aliphatic heterocycles. The normalized spacial score (nSPS) is 11.0. The van der Waals surface area contributed by atoms with E-state index in [1.54, 1.807) is 29.8 Å². The molecular formula is C23H20N4O2S2. The molecule has 31 heavy (non-hydrogen) atoms. The molecule has 0 unspecified atom stereocenters. The predicted octanol–water partition coefficient (Wildman–Crippen LogP) is 4.88. The molecule has 4 rings (SSSR count). The molecular weight excluding hydrogens is 428 g/mol. The number of thiazole rings is 2. The zero-order chi connectivity index (χ0) is 21.5. The van der Waals surface area contributed by atoms with E-state index in [2.05, 4.69) is 20.3 Å². The topological polar surface area (TPSA) is 77.0 Å². The Morgan fingerprint density at radius 2 is 1.87 bits per heavy atom. The average Bonchev–Trinajstić information content (AvgIpc) is 3.45. The summed E-state index contributed by atoms with van der Waals surface area (Å²) >= 11 is 3.13. The third kappa shape index (κ3) is 6.07. The number of nitrogens with one attached hydrogen (secondary N) is 1. The van der Waals surface area contributed by atoms with E-state index in [1.807, 2.05) is 54.1 Å². The van der Waals surface area contributed by atoms with Crippen LogP contribution in [0.15, 0.2) is 65.6 Å². The van der Waals surface area contributed by atoms with Gasteiger partial charge in [-0.25, -0.2) is 9.97 Å². The minimum atomic E-state index is -0.167. The van der Waals surface area contributed by atoms with Crippen LogP contribution < -0.4 is 10.1 Å². The standard InChI is InChI=1S/C23H20N4O2S2/c1-16-26-19(14-30-16)13-29-20-5-2-17(3-6-20)4-7-22(28)25-12-23-27-21(15-31-23)18-8-10-24-11-9-18/h2-11,14-15H,12-13H2,1H3,(H,25,28)/b7-4+. The first-order valence-electron chi connectivity index (χ1n) is 9.60. The molecule has 0 fully saturated rings. The summed E-state index contributed by atoms with van der Waals surface area (Å²) in [5.41, 5.74) is 3.75. The smallest absolute Gasteiger partial charge is 0.244 e. The maximum Gasteiger partial charge on any atom is 0.244 e. The van der Waals surface area contributed by atoms with Gasteiger partial charge in [0.05, 0.1) is 22.9 Å². The third-order valence-electron chi connectivity index (χ3n) is 4.30. The maximum atomic E-state index is 12.1. The summed E-state index contributed by atoms with van der Waals surface area (Å²) in [4.78, 5) is 25.1. The van der Waals surface area contributed by atoms with Crippen molar-refractivity contribution in [1.29, 1.82) is 0 Å². The summed E-state index contributed by atoms with van der Waals surface area (Å²) in [6, 6.07) is 11.4. The van der Waals surface area contributed by atoms with Crippen LogP contribution in [-0.2, 0) is 17.9 Å². The molecule has 4 aromatic rings. The fourth-order valence-electron chi connectivity index (χ4n) is 2.75. The molecule has 3 heterocycles. The third-order valence-corrected chi connectivity index (χ3v) is 5.97. The number of aryl methyl sites for hydroxylation is 1. The highest BCUT2D eigenvalue weighted by Crippen LogP contribution is 2.21. The summed E-state index contributed by atoms with van der Waals surface area (Å²) in [5, 5.41) is 8.72. The van der Waals surface area contributed by atoms with Gasteiger partial charge in [-0.05, 0) is 42.8 Å². The van der Waals surface area contributed by atoms with E-state index in [9.17, 15) is 4.79 Å². The van der Waals surface area contributed by atoms with Crippen molar-refractivity contribution >= 4 is 34.7 Å². The van der Waals surface area contributed by atoms with Gasteiger partial charge in [-0.3, -0.25) is 9.78 Å². The number of carbonyl (C=O) groups is 1. The Balaban J connectivity index is 1.25. The van der Waals surface area contributed by atoms with E-state index in [4.69, 9.17) is 4.74 Å². The van der Waals surface area contributed by atoms with Gasteiger partial charge in [-0.15, -0.1) is 22.7 Å². The molecule has 0 bridgehead atoms. The van der Waals surface area contributed by atoms with Crippen molar-refractivity contribution in [3.05, 3.63) is 86.9 Å². The van der Waals surface area contributed by atoms with Gasteiger partial charge in [-0.1, -0.05) is 12.1 Å². The number of pyridine rings is 1. The summed E-state index contributed by atoms with van der Waals surface area (Å²) in [6.45, 7) is 2.81. The second-order valence-corrected chi connectivity index (χ2v) is 8.63. The van der Waals surface area contributed by atoms with Crippen LogP contribution in [-0.4, -0.2) is 20.9 Å². The minimum Gasteiger partial charge on any atom is -0.487 e. The highest BCUT2D eigenvalue weighted by atomic mass is 32.1. The molecule has 0 radical (unpaired) electrons. The van der Waals surface area contributed by atoms with Gasteiger partial charge < -0.3 is 10.1 Å². The van der Waals surface area contributed by atoms with Crippen LogP contribution in [0.5, 0.6) is 5.75 Å². The molecule has 1 N–H and O–H groups in total. The van der Waals surface area contributed by atoms with E-state index < -0.39 is 0 Å². The van der Waals surface area contributed by atoms with Gasteiger partial charge in [0.25, 0.3) is 0 Å². The highest BCUT2D eigenvalue weighted by molar-refractivity contribution is 7.10. The maximum absolute atomic E-state index is 12.1. The van der Waals surface area contributed by atoms with Crippen molar-refractivity contribution in [3.63, 3.8) is 0 Å². The highest BCUT2D eigenvalue weighted by Gasteiger charge is 2.05. The Morgan fingerprint density at radius 3 is 2.61 bits per heavy atom. The minimum absolute atomic E-state index is 0.167. The predicted molar refractivity (Wildman–Crippen MR) is 124 cm³/mol. The number of amides is 1. The average molecular weight is 449 g/mol. The molecule has 0 aliphatic rings. The molecule has 0 aliphatic carbocycles. The number of carbonyl (C=O) groups excluding carboxylic acids is 1. The lowest BCUT2D eigenvalue weighted by molar-refractivity contribution is -0.116. The largest absolute Gasteiger partial charge is 0.487 e. The van der Waals surface area contributed by atoms with Crippen LogP contribution in [0.1, 0.15) is 21.3 Å². The SMILES string of the molecule is Cc1nc(COc2ccc(/C=C/C(=O)NCc3nc(-c4ccncc4)cs3)cc2)cs1. The monoisotopic (exact) mass is 448 g/mol. The number of ether oxygens (including phenoxy) is 1. The van der Waals surface area contributed by atoms with Crippen molar-refractivity contribution < 1.29 is 9.53 Å². The molecule has 3 aromatic heterocycles. The van der Waals surface area contributed by atoms with Crippen LogP contribution >= 0.6 is 22.7 Å². The van der Waals surface area contributed by atoms with Crippen molar-refractivity contribution in [3.8, 4) is 17.0 Å². The number of aromatic nitrogens is 3. The lowest BCUT2D eigenvalue weighted by atomic mass is 10.2. The van der Waals surface area contributed by atoms with E-state index in [-0.39, 0.29) is 5.91 Å². The zero-order valence-corrected chi connectivity index (χ0v) is 18.5. The quantitative estimate of drug-likeness (QED) is 0.389. The second kappa shape index (κ2) is 10.1. The molecule has 156 valence electrons. The number of benzene rings is 1. The molecule has 1 amide bonds. The summed E-state index contributed by atoms with van der Waals surface area (Å²) in [7, 11) is 0. The zero-order valence-electron chi connectivity index (χ0n) is 16.8. The Hall–Kier alpha value is -3.36. The number of hydrogen-bond acceptors (Lipinski definition) is 7.